The Hall–Kier alpha value is -0.900. The number of morpholine rings is 1. The molecule has 1 N–H and O–H groups in total. The van der Waals surface area contributed by atoms with Gasteiger partial charge in [0.15, 0.2) is 0 Å². The summed E-state index contributed by atoms with van der Waals surface area (Å²) >= 11 is 0. The normalized spacial score (nSPS) is 26.5. The summed E-state index contributed by atoms with van der Waals surface area (Å²) in [5, 5.41) is 3.42. The number of nitrogens with one attached hydrogen (secondary N) is 1. The zero-order chi connectivity index (χ0) is 10.5. The number of rotatable bonds is 3. The Labute approximate surface area is 90.4 Å². The molecule has 15 heavy (non-hydrogen) atoms. The monoisotopic (exact) mass is 207 g/mol. The predicted molar refractivity (Wildman–Crippen MR) is 58.8 cm³/mol. The summed E-state index contributed by atoms with van der Waals surface area (Å²) in [6, 6.07) is 10.5. The Balaban J connectivity index is 2.11. The third kappa shape index (κ3) is 2.56. The van der Waals surface area contributed by atoms with Crippen molar-refractivity contribution in [1.82, 2.24) is 5.32 Å². The van der Waals surface area contributed by atoms with E-state index in [0.717, 1.165) is 13.2 Å². The molecular weight excluding hydrogens is 190 g/mol. The van der Waals surface area contributed by atoms with Crippen molar-refractivity contribution in [2.24, 2.45) is 0 Å². The van der Waals surface area contributed by atoms with Gasteiger partial charge in [0.05, 0.1) is 19.3 Å². The highest BCUT2D eigenvalue weighted by Gasteiger charge is 2.26. The highest BCUT2D eigenvalue weighted by atomic mass is 16.5. The predicted octanol–water partition coefficient (Wildman–Crippen LogP) is 1.36. The smallest absolute Gasteiger partial charge is 0.100 e. The first kappa shape index (κ1) is 10.6. The Morgan fingerprint density at radius 2 is 2.20 bits per heavy atom. The van der Waals surface area contributed by atoms with Gasteiger partial charge in [0.2, 0.25) is 0 Å². The molecule has 2 atom stereocenters. The van der Waals surface area contributed by atoms with Crippen LogP contribution in [0.5, 0.6) is 0 Å². The molecule has 0 saturated carbocycles. The molecule has 1 aliphatic rings. The lowest BCUT2D eigenvalue weighted by atomic mass is 10.0. The fourth-order valence-electron chi connectivity index (χ4n) is 1.95. The van der Waals surface area contributed by atoms with E-state index in [1.54, 1.807) is 7.11 Å². The van der Waals surface area contributed by atoms with Gasteiger partial charge in [0.25, 0.3) is 0 Å². The number of benzene rings is 1. The number of methoxy groups -OCH3 is 1. The van der Waals surface area contributed by atoms with Crippen molar-refractivity contribution < 1.29 is 9.47 Å². The zero-order valence-electron chi connectivity index (χ0n) is 8.98. The summed E-state index contributed by atoms with van der Waals surface area (Å²) in [5.41, 5.74) is 1.21. The highest BCUT2D eigenvalue weighted by Crippen LogP contribution is 2.23. The van der Waals surface area contributed by atoms with Crippen LogP contribution < -0.4 is 5.32 Å². The van der Waals surface area contributed by atoms with E-state index in [9.17, 15) is 0 Å². The van der Waals surface area contributed by atoms with Gasteiger partial charge in [0, 0.05) is 13.7 Å². The Morgan fingerprint density at radius 3 is 2.93 bits per heavy atom. The molecule has 0 unspecified atom stereocenters. The molecule has 0 spiro atoms. The summed E-state index contributed by atoms with van der Waals surface area (Å²) < 4.78 is 11.0. The van der Waals surface area contributed by atoms with Crippen LogP contribution in [0.25, 0.3) is 0 Å². The van der Waals surface area contributed by atoms with E-state index in [-0.39, 0.29) is 12.1 Å². The molecule has 0 aliphatic carbocycles. The van der Waals surface area contributed by atoms with Gasteiger partial charge >= 0.3 is 0 Å². The minimum atomic E-state index is 0.111. The molecule has 2 rings (SSSR count). The summed E-state index contributed by atoms with van der Waals surface area (Å²) in [6.45, 7) is 2.34. The maximum Gasteiger partial charge on any atom is 0.100 e. The van der Waals surface area contributed by atoms with Crippen molar-refractivity contribution in [1.29, 1.82) is 0 Å². The molecule has 0 radical (unpaired) electrons. The third-order valence-corrected chi connectivity index (χ3v) is 2.65. The highest BCUT2D eigenvalue weighted by molar-refractivity contribution is 5.19. The minimum Gasteiger partial charge on any atom is -0.383 e. The van der Waals surface area contributed by atoms with E-state index in [1.165, 1.54) is 5.56 Å². The molecule has 82 valence electrons. The Kier molecular flexibility index (Phi) is 3.72. The van der Waals surface area contributed by atoms with Crippen molar-refractivity contribution >= 4 is 0 Å². The number of ether oxygens (including phenoxy) is 2. The quantitative estimate of drug-likeness (QED) is 0.812. The molecule has 1 aromatic rings. The van der Waals surface area contributed by atoms with Gasteiger partial charge in [-0.05, 0) is 5.56 Å². The summed E-state index contributed by atoms with van der Waals surface area (Å²) in [4.78, 5) is 0. The van der Waals surface area contributed by atoms with Gasteiger partial charge in [-0.2, -0.15) is 0 Å². The van der Waals surface area contributed by atoms with E-state index in [0.29, 0.717) is 6.61 Å². The first-order valence-corrected chi connectivity index (χ1v) is 5.30. The first-order chi connectivity index (χ1) is 7.42. The van der Waals surface area contributed by atoms with Crippen molar-refractivity contribution in [2.75, 3.05) is 26.9 Å². The molecular formula is C12H17NO2. The van der Waals surface area contributed by atoms with Crippen molar-refractivity contribution in [3.05, 3.63) is 35.9 Å². The van der Waals surface area contributed by atoms with Gasteiger partial charge in [-0.3, -0.25) is 0 Å². The van der Waals surface area contributed by atoms with E-state index >= 15 is 0 Å². The fourth-order valence-corrected chi connectivity index (χ4v) is 1.95. The van der Waals surface area contributed by atoms with Crippen LogP contribution in [-0.2, 0) is 9.47 Å². The van der Waals surface area contributed by atoms with Crippen LogP contribution in [0.3, 0.4) is 0 Å². The van der Waals surface area contributed by atoms with Gasteiger partial charge in [-0.25, -0.2) is 0 Å². The van der Waals surface area contributed by atoms with Crippen LogP contribution in [0.1, 0.15) is 11.7 Å². The lowest BCUT2D eigenvalue weighted by molar-refractivity contribution is -0.0273. The third-order valence-electron chi connectivity index (χ3n) is 2.65. The van der Waals surface area contributed by atoms with Crippen LogP contribution in [0.15, 0.2) is 30.3 Å². The second-order valence-electron chi connectivity index (χ2n) is 3.72. The molecule has 0 aromatic heterocycles. The van der Waals surface area contributed by atoms with Crippen LogP contribution in [0.2, 0.25) is 0 Å². The van der Waals surface area contributed by atoms with Crippen molar-refractivity contribution in [3.8, 4) is 0 Å². The zero-order valence-corrected chi connectivity index (χ0v) is 8.98. The van der Waals surface area contributed by atoms with Crippen molar-refractivity contribution in [3.63, 3.8) is 0 Å². The van der Waals surface area contributed by atoms with Gasteiger partial charge in [0.1, 0.15) is 6.10 Å². The fraction of sp³-hybridized carbons (Fsp3) is 0.500. The van der Waals surface area contributed by atoms with Crippen LogP contribution in [0, 0.1) is 0 Å². The molecule has 1 heterocycles. The van der Waals surface area contributed by atoms with E-state index in [2.05, 4.69) is 17.4 Å². The van der Waals surface area contributed by atoms with Crippen LogP contribution in [-0.4, -0.2) is 32.9 Å². The van der Waals surface area contributed by atoms with Crippen LogP contribution in [0.4, 0.5) is 0 Å². The van der Waals surface area contributed by atoms with Gasteiger partial charge in [-0.1, -0.05) is 30.3 Å². The first-order valence-electron chi connectivity index (χ1n) is 5.30. The molecule has 1 saturated heterocycles. The van der Waals surface area contributed by atoms with Gasteiger partial charge < -0.3 is 14.8 Å². The molecule has 3 heteroatoms. The Morgan fingerprint density at radius 1 is 1.40 bits per heavy atom. The summed E-state index contributed by atoms with van der Waals surface area (Å²) in [7, 11) is 1.72. The second kappa shape index (κ2) is 5.26. The molecule has 0 amide bonds. The Bertz CT molecular complexity index is 287. The number of hydrogen-bond donors (Lipinski definition) is 1. The van der Waals surface area contributed by atoms with Crippen LogP contribution >= 0.6 is 0 Å². The van der Waals surface area contributed by atoms with E-state index < -0.39 is 0 Å². The standard InChI is InChI=1S/C12H17NO2/c1-14-9-11-12(15-8-7-13-11)10-5-3-2-4-6-10/h2-6,11-13H,7-9H2,1H3/t11-,12-/m1/s1. The molecule has 1 aliphatic heterocycles. The maximum atomic E-state index is 5.79. The summed E-state index contributed by atoms with van der Waals surface area (Å²) in [6.07, 6.45) is 0.111. The summed E-state index contributed by atoms with van der Waals surface area (Å²) in [5.74, 6) is 0. The lowest BCUT2D eigenvalue weighted by Crippen LogP contribution is -2.46. The average molecular weight is 207 g/mol. The molecule has 1 fully saturated rings. The second-order valence-corrected chi connectivity index (χ2v) is 3.72. The molecule has 1 aromatic carbocycles. The topological polar surface area (TPSA) is 30.5 Å². The lowest BCUT2D eigenvalue weighted by Gasteiger charge is -2.32. The molecule has 0 bridgehead atoms. The van der Waals surface area contributed by atoms with Crippen molar-refractivity contribution in [2.45, 2.75) is 12.1 Å². The molecule has 3 nitrogen and oxygen atoms in total. The largest absolute Gasteiger partial charge is 0.383 e. The van der Waals surface area contributed by atoms with E-state index in [4.69, 9.17) is 9.47 Å². The van der Waals surface area contributed by atoms with E-state index in [1.807, 2.05) is 18.2 Å². The maximum absolute atomic E-state index is 5.79. The van der Waals surface area contributed by atoms with Gasteiger partial charge in [-0.15, -0.1) is 0 Å². The SMILES string of the molecule is COC[C@H]1NCCO[C@@H]1c1ccccc1. The average Bonchev–Trinajstić information content (AvgIpc) is 2.31. The minimum absolute atomic E-state index is 0.111. The number of hydrogen-bond acceptors (Lipinski definition) is 3.